The van der Waals surface area contributed by atoms with Crippen LogP contribution in [-0.4, -0.2) is 32.8 Å². The summed E-state index contributed by atoms with van der Waals surface area (Å²) in [7, 11) is 2.88. The molecule has 1 unspecified atom stereocenters. The van der Waals surface area contributed by atoms with Crippen LogP contribution in [0.4, 0.5) is 10.1 Å². The normalized spacial score (nSPS) is 12.0. The number of rotatable bonds is 5. The molecular formula is C11H15FN2O3. The van der Waals surface area contributed by atoms with Crippen LogP contribution in [0.2, 0.25) is 0 Å². The maximum absolute atomic E-state index is 13.4. The van der Waals surface area contributed by atoms with Crippen molar-refractivity contribution in [1.29, 1.82) is 0 Å². The minimum atomic E-state index is -0.842. The zero-order chi connectivity index (χ0) is 12.8. The summed E-state index contributed by atoms with van der Waals surface area (Å²) in [4.78, 5) is 11.5. The number of methoxy groups -OCH3 is 2. The summed E-state index contributed by atoms with van der Waals surface area (Å²) >= 11 is 0. The fourth-order valence-electron chi connectivity index (χ4n) is 1.21. The van der Waals surface area contributed by atoms with Crippen LogP contribution in [0.1, 0.15) is 0 Å². The topological polar surface area (TPSA) is 73.6 Å². The van der Waals surface area contributed by atoms with Crippen molar-refractivity contribution in [2.45, 2.75) is 6.04 Å². The molecule has 1 atom stereocenters. The summed E-state index contributed by atoms with van der Waals surface area (Å²) < 4.78 is 23.0. The lowest BCUT2D eigenvalue weighted by Crippen LogP contribution is -2.39. The van der Waals surface area contributed by atoms with E-state index in [0.717, 1.165) is 0 Å². The van der Waals surface area contributed by atoms with Gasteiger partial charge in [-0.2, -0.15) is 0 Å². The van der Waals surface area contributed by atoms with Crippen molar-refractivity contribution < 1.29 is 18.7 Å². The van der Waals surface area contributed by atoms with E-state index in [1.807, 2.05) is 0 Å². The van der Waals surface area contributed by atoms with E-state index in [1.54, 1.807) is 0 Å². The van der Waals surface area contributed by atoms with Gasteiger partial charge in [0.15, 0.2) is 0 Å². The quantitative estimate of drug-likeness (QED) is 0.799. The van der Waals surface area contributed by atoms with Gasteiger partial charge in [0.05, 0.1) is 19.4 Å². The largest absolute Gasteiger partial charge is 0.497 e. The molecule has 0 saturated carbocycles. The van der Waals surface area contributed by atoms with Gasteiger partial charge in [0.1, 0.15) is 17.6 Å². The highest BCUT2D eigenvalue weighted by Crippen LogP contribution is 2.21. The second-order valence-electron chi connectivity index (χ2n) is 3.40. The van der Waals surface area contributed by atoms with Gasteiger partial charge >= 0.3 is 0 Å². The fourth-order valence-corrected chi connectivity index (χ4v) is 1.21. The van der Waals surface area contributed by atoms with Crippen molar-refractivity contribution in [1.82, 2.24) is 0 Å². The van der Waals surface area contributed by atoms with Gasteiger partial charge in [0.25, 0.3) is 0 Å². The molecule has 3 N–H and O–H groups in total. The zero-order valence-electron chi connectivity index (χ0n) is 9.70. The summed E-state index contributed by atoms with van der Waals surface area (Å²) in [6.45, 7) is 0.0669. The van der Waals surface area contributed by atoms with Gasteiger partial charge in [-0.3, -0.25) is 4.79 Å². The third-order valence-electron chi connectivity index (χ3n) is 2.11. The molecule has 0 spiro atoms. The number of carbonyl (C=O) groups excluding carboxylic acids is 1. The van der Waals surface area contributed by atoms with Gasteiger partial charge in [0, 0.05) is 13.2 Å². The Bertz CT molecular complexity index is 398. The summed E-state index contributed by atoms with van der Waals surface area (Å²) in [6.07, 6.45) is 0. The first kappa shape index (κ1) is 13.4. The highest BCUT2D eigenvalue weighted by atomic mass is 19.1. The number of hydrogen-bond donors (Lipinski definition) is 2. The molecule has 1 aromatic rings. The Morgan fingerprint density at radius 1 is 1.53 bits per heavy atom. The predicted molar refractivity (Wildman–Crippen MR) is 61.4 cm³/mol. The first-order chi connectivity index (χ1) is 8.08. The van der Waals surface area contributed by atoms with Crippen LogP contribution < -0.4 is 15.8 Å². The van der Waals surface area contributed by atoms with E-state index in [4.69, 9.17) is 15.2 Å². The Morgan fingerprint density at radius 3 is 2.82 bits per heavy atom. The number of ether oxygens (including phenoxy) is 2. The van der Waals surface area contributed by atoms with Crippen molar-refractivity contribution in [2.75, 3.05) is 26.1 Å². The van der Waals surface area contributed by atoms with Crippen LogP contribution in [0.5, 0.6) is 5.75 Å². The first-order valence-corrected chi connectivity index (χ1v) is 4.97. The number of nitrogens with two attached hydrogens (primary N) is 1. The maximum atomic E-state index is 13.4. The molecule has 0 radical (unpaired) electrons. The molecule has 17 heavy (non-hydrogen) atoms. The van der Waals surface area contributed by atoms with E-state index in [1.165, 1.54) is 32.4 Å². The number of hydrogen-bond acceptors (Lipinski definition) is 4. The van der Waals surface area contributed by atoms with Gasteiger partial charge in [-0.1, -0.05) is 0 Å². The van der Waals surface area contributed by atoms with Crippen molar-refractivity contribution >= 4 is 11.6 Å². The maximum Gasteiger partial charge on any atom is 0.243 e. The average molecular weight is 242 g/mol. The Kier molecular flexibility index (Phi) is 4.86. The number of nitrogens with one attached hydrogen (secondary N) is 1. The SMILES string of the molecule is COCC(N)C(=O)Nc1cc(OC)ccc1F. The van der Waals surface area contributed by atoms with Crippen LogP contribution in [0.15, 0.2) is 18.2 Å². The number of halogens is 1. The molecule has 1 aromatic carbocycles. The van der Waals surface area contributed by atoms with Gasteiger partial charge in [0.2, 0.25) is 5.91 Å². The molecule has 6 heteroatoms. The lowest BCUT2D eigenvalue weighted by molar-refractivity contribution is -0.118. The monoisotopic (exact) mass is 242 g/mol. The number of carbonyl (C=O) groups is 1. The number of amides is 1. The minimum absolute atomic E-state index is 0.0286. The van der Waals surface area contributed by atoms with Crippen molar-refractivity contribution in [2.24, 2.45) is 5.73 Å². The molecule has 0 heterocycles. The van der Waals surface area contributed by atoms with Gasteiger partial charge < -0.3 is 20.5 Å². The van der Waals surface area contributed by atoms with Crippen molar-refractivity contribution in [3.8, 4) is 5.75 Å². The Labute approximate surface area is 98.7 Å². The van der Waals surface area contributed by atoms with E-state index < -0.39 is 17.8 Å². The van der Waals surface area contributed by atoms with Gasteiger partial charge in [-0.15, -0.1) is 0 Å². The van der Waals surface area contributed by atoms with E-state index in [0.29, 0.717) is 5.75 Å². The highest BCUT2D eigenvalue weighted by Gasteiger charge is 2.15. The molecule has 1 rings (SSSR count). The molecule has 94 valence electrons. The van der Waals surface area contributed by atoms with E-state index in [-0.39, 0.29) is 12.3 Å². The molecule has 0 fully saturated rings. The lowest BCUT2D eigenvalue weighted by Gasteiger charge is -2.12. The van der Waals surface area contributed by atoms with Crippen LogP contribution >= 0.6 is 0 Å². The smallest absolute Gasteiger partial charge is 0.243 e. The Hall–Kier alpha value is -1.66. The molecule has 0 saturated heterocycles. The van der Waals surface area contributed by atoms with Crippen LogP contribution in [0, 0.1) is 5.82 Å². The molecule has 0 aromatic heterocycles. The highest BCUT2D eigenvalue weighted by molar-refractivity contribution is 5.95. The van der Waals surface area contributed by atoms with Crippen LogP contribution in [0.3, 0.4) is 0 Å². The average Bonchev–Trinajstić information content (AvgIpc) is 2.32. The molecule has 0 aliphatic carbocycles. The Morgan fingerprint density at radius 2 is 2.24 bits per heavy atom. The Balaban J connectivity index is 2.76. The van der Waals surface area contributed by atoms with Gasteiger partial charge in [-0.25, -0.2) is 4.39 Å². The first-order valence-electron chi connectivity index (χ1n) is 4.97. The second-order valence-corrected chi connectivity index (χ2v) is 3.40. The zero-order valence-corrected chi connectivity index (χ0v) is 9.70. The number of anilines is 1. The second kappa shape index (κ2) is 6.17. The molecule has 0 aliphatic rings. The third kappa shape index (κ3) is 3.69. The van der Waals surface area contributed by atoms with Crippen LogP contribution in [-0.2, 0) is 9.53 Å². The fraction of sp³-hybridized carbons (Fsp3) is 0.364. The third-order valence-corrected chi connectivity index (χ3v) is 2.11. The lowest BCUT2D eigenvalue weighted by atomic mass is 10.2. The molecular weight excluding hydrogens is 227 g/mol. The van der Waals surface area contributed by atoms with Crippen LogP contribution in [0.25, 0.3) is 0 Å². The molecule has 0 bridgehead atoms. The molecule has 0 aliphatic heterocycles. The van der Waals surface area contributed by atoms with E-state index in [2.05, 4.69) is 5.32 Å². The molecule has 1 amide bonds. The number of benzene rings is 1. The summed E-state index contributed by atoms with van der Waals surface area (Å²) in [5.74, 6) is -0.621. The minimum Gasteiger partial charge on any atom is -0.497 e. The van der Waals surface area contributed by atoms with E-state index >= 15 is 0 Å². The summed E-state index contributed by atoms with van der Waals surface area (Å²) in [5.41, 5.74) is 5.53. The van der Waals surface area contributed by atoms with Gasteiger partial charge in [-0.05, 0) is 12.1 Å². The van der Waals surface area contributed by atoms with Crippen molar-refractivity contribution in [3.63, 3.8) is 0 Å². The van der Waals surface area contributed by atoms with Crippen molar-refractivity contribution in [3.05, 3.63) is 24.0 Å². The predicted octanol–water partition coefficient (Wildman–Crippen LogP) is 0.746. The molecule has 5 nitrogen and oxygen atoms in total. The summed E-state index contributed by atoms with van der Waals surface area (Å²) in [5, 5.41) is 2.37. The summed E-state index contributed by atoms with van der Waals surface area (Å²) in [6, 6.07) is 3.20. The van der Waals surface area contributed by atoms with E-state index in [9.17, 15) is 9.18 Å². The standard InChI is InChI=1S/C11H15FN2O3/c1-16-6-9(13)11(15)14-10-5-7(17-2)3-4-8(10)12/h3-5,9H,6,13H2,1-2H3,(H,14,15).